The first-order valence-electron chi connectivity index (χ1n) is 6.18. The third-order valence-electron chi connectivity index (χ3n) is 3.02. The molecule has 1 atom stereocenters. The number of aromatic nitrogens is 1. The molecule has 1 rings (SSSR count). The zero-order chi connectivity index (χ0) is 14.6. The Bertz CT molecular complexity index is 461. The van der Waals surface area contributed by atoms with Gasteiger partial charge in [-0.15, -0.1) is 0 Å². The molecule has 1 heterocycles. The van der Waals surface area contributed by atoms with Gasteiger partial charge >= 0.3 is 5.97 Å². The second-order valence-electron chi connectivity index (χ2n) is 5.62. The van der Waals surface area contributed by atoms with Crippen molar-refractivity contribution in [3.63, 3.8) is 0 Å². The van der Waals surface area contributed by atoms with Crippen LogP contribution in [0.1, 0.15) is 38.1 Å². The fourth-order valence-corrected chi connectivity index (χ4v) is 1.29. The van der Waals surface area contributed by atoms with Gasteiger partial charge in [0, 0.05) is 12.1 Å². The smallest absolute Gasteiger partial charge is 0.372 e. The number of nitrogens with two attached hydrogens (primary N) is 1. The number of carbonyl (C=O) groups excluding carboxylic acids is 2. The predicted molar refractivity (Wildman–Crippen MR) is 70.2 cm³/mol. The van der Waals surface area contributed by atoms with Gasteiger partial charge in [0.25, 0.3) is 0 Å². The van der Waals surface area contributed by atoms with Crippen LogP contribution in [-0.4, -0.2) is 18.0 Å². The van der Waals surface area contributed by atoms with E-state index in [1.807, 2.05) is 27.7 Å². The lowest BCUT2D eigenvalue weighted by atomic mass is 9.90. The summed E-state index contributed by atoms with van der Waals surface area (Å²) < 4.78 is 6.99. The average Bonchev–Trinajstić information content (AvgIpc) is 2.28. The van der Waals surface area contributed by atoms with E-state index in [2.05, 4.69) is 0 Å². The molecule has 1 aromatic heterocycles. The number of carbonyl (C=O) groups is 2. The van der Waals surface area contributed by atoms with Crippen molar-refractivity contribution in [2.24, 2.45) is 11.1 Å². The molecule has 1 amide bonds. The van der Waals surface area contributed by atoms with Crippen LogP contribution in [0.15, 0.2) is 24.5 Å². The summed E-state index contributed by atoms with van der Waals surface area (Å²) in [6.45, 7) is 8.03. The Balaban J connectivity index is 2.60. The van der Waals surface area contributed by atoms with Gasteiger partial charge in [-0.2, -0.15) is 4.57 Å². The van der Waals surface area contributed by atoms with E-state index >= 15 is 0 Å². The highest BCUT2D eigenvalue weighted by Gasteiger charge is 2.25. The summed E-state index contributed by atoms with van der Waals surface area (Å²) in [7, 11) is 0. The second kappa shape index (κ2) is 5.82. The van der Waals surface area contributed by atoms with Crippen LogP contribution in [0.25, 0.3) is 0 Å². The molecule has 0 radical (unpaired) electrons. The van der Waals surface area contributed by atoms with E-state index in [9.17, 15) is 9.59 Å². The fourth-order valence-electron chi connectivity index (χ4n) is 1.29. The van der Waals surface area contributed by atoms with Gasteiger partial charge in [-0.1, -0.05) is 20.8 Å². The molecular weight excluding hydrogens is 244 g/mol. The first-order chi connectivity index (χ1) is 8.70. The van der Waals surface area contributed by atoms with Crippen LogP contribution >= 0.6 is 0 Å². The van der Waals surface area contributed by atoms with Crippen LogP contribution in [0.3, 0.4) is 0 Å². The van der Waals surface area contributed by atoms with Crippen LogP contribution in [0, 0.1) is 5.41 Å². The van der Waals surface area contributed by atoms with Gasteiger partial charge in [0.15, 0.2) is 12.4 Å². The van der Waals surface area contributed by atoms with Gasteiger partial charge in [0.05, 0.1) is 5.56 Å². The van der Waals surface area contributed by atoms with E-state index in [0.717, 1.165) is 0 Å². The number of amides is 1. The van der Waals surface area contributed by atoms with E-state index in [4.69, 9.17) is 10.5 Å². The minimum atomic E-state index is -0.490. The second-order valence-corrected chi connectivity index (χ2v) is 5.62. The van der Waals surface area contributed by atoms with Crippen LogP contribution in [0.4, 0.5) is 0 Å². The Labute approximate surface area is 113 Å². The molecule has 5 nitrogen and oxygen atoms in total. The number of primary amides is 1. The predicted octanol–water partition coefficient (Wildman–Crippen LogP) is 1.05. The van der Waals surface area contributed by atoms with Crippen molar-refractivity contribution in [1.82, 2.24) is 0 Å². The maximum absolute atomic E-state index is 11.8. The van der Waals surface area contributed by atoms with Crippen LogP contribution in [0.5, 0.6) is 0 Å². The topological polar surface area (TPSA) is 73.3 Å². The highest BCUT2D eigenvalue weighted by atomic mass is 16.5. The van der Waals surface area contributed by atoms with E-state index in [-0.39, 0.29) is 24.0 Å². The van der Waals surface area contributed by atoms with Crippen LogP contribution in [-0.2, 0) is 16.1 Å². The fraction of sp³-hybridized carbons (Fsp3) is 0.500. The Morgan fingerprint density at radius 2 is 1.84 bits per heavy atom. The standard InChI is InChI=1S/C14H20N2O3/c1-10(14(2,3)4)19-12(17)9-16-7-5-11(6-8-16)13(15)18/h5-8,10H,9H2,1-4H3,(H-,15,18)/p+1/t10-/m1/s1. The SMILES string of the molecule is C[C@@H](OC(=O)C[n+]1ccc(C(N)=O)cc1)C(C)(C)C. The summed E-state index contributed by atoms with van der Waals surface area (Å²) in [5.74, 6) is -0.796. The molecule has 19 heavy (non-hydrogen) atoms. The van der Waals surface area contributed by atoms with Gasteiger partial charge in [-0.05, 0) is 12.3 Å². The molecule has 0 spiro atoms. The molecule has 0 fully saturated rings. The molecule has 0 saturated carbocycles. The lowest BCUT2D eigenvalue weighted by Gasteiger charge is -2.26. The van der Waals surface area contributed by atoms with Crippen LogP contribution in [0.2, 0.25) is 0 Å². The van der Waals surface area contributed by atoms with Gasteiger partial charge in [-0.25, -0.2) is 4.79 Å². The van der Waals surface area contributed by atoms with Gasteiger partial charge in [-0.3, -0.25) is 4.79 Å². The first-order valence-corrected chi connectivity index (χ1v) is 6.18. The van der Waals surface area contributed by atoms with E-state index < -0.39 is 5.91 Å². The van der Waals surface area contributed by atoms with E-state index in [1.165, 1.54) is 0 Å². The molecule has 0 aromatic carbocycles. The molecule has 104 valence electrons. The number of hydrogen-bond donors (Lipinski definition) is 1. The molecule has 0 unspecified atom stereocenters. The zero-order valence-corrected chi connectivity index (χ0v) is 11.8. The third kappa shape index (κ3) is 4.69. The molecule has 0 aliphatic carbocycles. The average molecular weight is 265 g/mol. The quantitative estimate of drug-likeness (QED) is 0.653. The molecule has 0 bridgehead atoms. The summed E-state index contributed by atoms with van der Waals surface area (Å²) >= 11 is 0. The molecule has 2 N–H and O–H groups in total. The lowest BCUT2D eigenvalue weighted by molar-refractivity contribution is -0.686. The van der Waals surface area contributed by atoms with Crippen molar-refractivity contribution in [2.45, 2.75) is 40.3 Å². The van der Waals surface area contributed by atoms with Crippen molar-refractivity contribution in [1.29, 1.82) is 0 Å². The van der Waals surface area contributed by atoms with Crippen LogP contribution < -0.4 is 10.3 Å². The largest absolute Gasteiger partial charge is 0.457 e. The van der Waals surface area contributed by atoms with Crippen molar-refractivity contribution in [3.05, 3.63) is 30.1 Å². The molecular formula is C14H21N2O3+. The van der Waals surface area contributed by atoms with Crippen molar-refractivity contribution < 1.29 is 18.9 Å². The summed E-state index contributed by atoms with van der Waals surface area (Å²) in [5, 5.41) is 0. The number of hydrogen-bond acceptors (Lipinski definition) is 3. The summed E-state index contributed by atoms with van der Waals surface area (Å²) in [4.78, 5) is 22.7. The molecule has 0 saturated heterocycles. The van der Waals surface area contributed by atoms with E-state index in [0.29, 0.717) is 5.56 Å². The molecule has 0 aliphatic heterocycles. The number of pyridine rings is 1. The highest BCUT2D eigenvalue weighted by Crippen LogP contribution is 2.21. The molecule has 1 aromatic rings. The van der Waals surface area contributed by atoms with Gasteiger partial charge in [0.1, 0.15) is 6.10 Å². The Morgan fingerprint density at radius 1 is 1.32 bits per heavy atom. The Kier molecular flexibility index (Phi) is 4.64. The Hall–Kier alpha value is -1.91. The Morgan fingerprint density at radius 3 is 2.26 bits per heavy atom. The first kappa shape index (κ1) is 15.1. The van der Waals surface area contributed by atoms with E-state index in [1.54, 1.807) is 29.1 Å². The minimum absolute atomic E-state index is 0.0872. The summed E-state index contributed by atoms with van der Waals surface area (Å²) in [6.07, 6.45) is 3.09. The lowest BCUT2D eigenvalue weighted by Crippen LogP contribution is -2.40. The van der Waals surface area contributed by atoms with Crippen molar-refractivity contribution >= 4 is 11.9 Å². The minimum Gasteiger partial charge on any atom is -0.457 e. The molecule has 5 heteroatoms. The number of rotatable bonds is 4. The number of nitrogens with zero attached hydrogens (tertiary/aromatic N) is 1. The zero-order valence-electron chi connectivity index (χ0n) is 11.8. The maximum atomic E-state index is 11.8. The van der Waals surface area contributed by atoms with Crippen molar-refractivity contribution in [2.75, 3.05) is 0 Å². The van der Waals surface area contributed by atoms with Crippen molar-refractivity contribution in [3.8, 4) is 0 Å². The normalized spacial score (nSPS) is 12.8. The van der Waals surface area contributed by atoms with Gasteiger partial charge in [0.2, 0.25) is 12.5 Å². The number of ether oxygens (including phenoxy) is 1. The molecule has 0 aliphatic rings. The monoisotopic (exact) mass is 265 g/mol. The third-order valence-corrected chi connectivity index (χ3v) is 3.02. The maximum Gasteiger partial charge on any atom is 0.372 e. The highest BCUT2D eigenvalue weighted by molar-refractivity contribution is 5.92. The summed E-state index contributed by atoms with van der Waals surface area (Å²) in [5.41, 5.74) is 5.46. The summed E-state index contributed by atoms with van der Waals surface area (Å²) in [6, 6.07) is 3.14. The number of esters is 1. The van der Waals surface area contributed by atoms with Gasteiger partial charge < -0.3 is 10.5 Å².